The second kappa shape index (κ2) is 11.2. The van der Waals surface area contributed by atoms with Gasteiger partial charge in [0.05, 0.1) is 6.61 Å². The van der Waals surface area contributed by atoms with Gasteiger partial charge in [0.1, 0.15) is 0 Å². The van der Waals surface area contributed by atoms with E-state index in [1.165, 1.54) is 19.3 Å². The Morgan fingerprint density at radius 2 is 1.74 bits per heavy atom. The standard InChI is InChI=1S/C14H27O4P/c1-3-5-6-7-8-9-12-19(16,17)13-10-11-18-14(15)4-2/h4H,2-3,5-13H2,1H3,(H,16,17). The van der Waals surface area contributed by atoms with Crippen molar-refractivity contribution >= 4 is 13.3 Å². The van der Waals surface area contributed by atoms with Crippen molar-refractivity contribution in [3.8, 4) is 0 Å². The molecule has 0 heterocycles. The predicted octanol–water partition coefficient (Wildman–Crippen LogP) is 3.74. The molecule has 0 radical (unpaired) electrons. The quantitative estimate of drug-likeness (QED) is 0.257. The van der Waals surface area contributed by atoms with E-state index in [0.29, 0.717) is 12.6 Å². The summed E-state index contributed by atoms with van der Waals surface area (Å²) in [6.07, 6.45) is 8.78. The second-order valence-electron chi connectivity index (χ2n) is 4.79. The molecule has 0 aromatic carbocycles. The fraction of sp³-hybridized carbons (Fsp3) is 0.786. The first-order valence-electron chi connectivity index (χ1n) is 7.12. The van der Waals surface area contributed by atoms with Crippen LogP contribution in [0.3, 0.4) is 0 Å². The van der Waals surface area contributed by atoms with Crippen LogP contribution in [0.5, 0.6) is 0 Å². The third kappa shape index (κ3) is 12.2. The average Bonchev–Trinajstić information content (AvgIpc) is 2.38. The van der Waals surface area contributed by atoms with Crippen molar-refractivity contribution < 1.29 is 19.0 Å². The summed E-state index contributed by atoms with van der Waals surface area (Å²) in [4.78, 5) is 20.5. The topological polar surface area (TPSA) is 63.6 Å². The fourth-order valence-electron chi connectivity index (χ4n) is 1.79. The summed E-state index contributed by atoms with van der Waals surface area (Å²) in [6.45, 7) is 5.63. The highest BCUT2D eigenvalue weighted by Gasteiger charge is 2.16. The van der Waals surface area contributed by atoms with Gasteiger partial charge in [0.2, 0.25) is 7.37 Å². The predicted molar refractivity (Wildman–Crippen MR) is 78.7 cm³/mol. The van der Waals surface area contributed by atoms with Crippen molar-refractivity contribution in [2.75, 3.05) is 18.9 Å². The molecule has 4 nitrogen and oxygen atoms in total. The van der Waals surface area contributed by atoms with Crippen LogP contribution in [0.1, 0.15) is 51.9 Å². The van der Waals surface area contributed by atoms with Gasteiger partial charge in [-0.15, -0.1) is 0 Å². The first-order chi connectivity index (χ1) is 9.02. The average molecular weight is 290 g/mol. The maximum Gasteiger partial charge on any atom is 0.330 e. The Hall–Kier alpha value is -0.600. The smallest absolute Gasteiger partial charge is 0.330 e. The molecule has 0 bridgehead atoms. The van der Waals surface area contributed by atoms with E-state index in [-0.39, 0.29) is 12.8 Å². The van der Waals surface area contributed by atoms with E-state index in [4.69, 9.17) is 4.74 Å². The number of esters is 1. The number of hydrogen-bond acceptors (Lipinski definition) is 3. The van der Waals surface area contributed by atoms with E-state index in [1.807, 2.05) is 0 Å². The van der Waals surface area contributed by atoms with Crippen LogP contribution >= 0.6 is 7.37 Å². The van der Waals surface area contributed by atoms with Crippen LogP contribution in [-0.2, 0) is 14.1 Å². The number of unbranched alkanes of at least 4 members (excludes halogenated alkanes) is 5. The van der Waals surface area contributed by atoms with Crippen molar-refractivity contribution in [1.29, 1.82) is 0 Å². The lowest BCUT2D eigenvalue weighted by Gasteiger charge is -2.11. The number of hydrogen-bond donors (Lipinski definition) is 1. The van der Waals surface area contributed by atoms with E-state index in [1.54, 1.807) is 0 Å². The molecule has 0 aromatic rings. The van der Waals surface area contributed by atoms with E-state index >= 15 is 0 Å². The third-order valence-corrected chi connectivity index (χ3v) is 4.95. The van der Waals surface area contributed by atoms with Gasteiger partial charge in [-0.05, 0) is 12.8 Å². The molecule has 0 amide bonds. The summed E-state index contributed by atoms with van der Waals surface area (Å²) in [6, 6.07) is 0. The molecule has 0 saturated heterocycles. The molecule has 0 fully saturated rings. The largest absolute Gasteiger partial charge is 0.463 e. The highest BCUT2D eigenvalue weighted by Crippen LogP contribution is 2.42. The van der Waals surface area contributed by atoms with Crippen molar-refractivity contribution in [2.24, 2.45) is 0 Å². The zero-order chi connectivity index (χ0) is 14.6. The molecule has 0 spiro atoms. The molecular weight excluding hydrogens is 263 g/mol. The minimum atomic E-state index is -3.03. The number of carbonyl (C=O) groups excluding carboxylic acids is 1. The van der Waals surface area contributed by atoms with E-state index in [0.717, 1.165) is 25.3 Å². The van der Waals surface area contributed by atoms with E-state index in [2.05, 4.69) is 13.5 Å². The summed E-state index contributed by atoms with van der Waals surface area (Å²) >= 11 is 0. The first-order valence-corrected chi connectivity index (χ1v) is 9.15. The molecule has 1 atom stereocenters. The highest BCUT2D eigenvalue weighted by molar-refractivity contribution is 7.57. The molecule has 1 N–H and O–H groups in total. The zero-order valence-corrected chi connectivity index (χ0v) is 12.9. The van der Waals surface area contributed by atoms with Crippen molar-refractivity contribution in [2.45, 2.75) is 51.9 Å². The maximum atomic E-state index is 11.8. The van der Waals surface area contributed by atoms with Crippen LogP contribution < -0.4 is 0 Å². The molecule has 19 heavy (non-hydrogen) atoms. The third-order valence-electron chi connectivity index (χ3n) is 2.92. The van der Waals surface area contributed by atoms with Gasteiger partial charge in [0, 0.05) is 18.4 Å². The Bertz CT molecular complexity index is 302. The molecule has 0 aliphatic rings. The van der Waals surface area contributed by atoms with Crippen molar-refractivity contribution in [1.82, 2.24) is 0 Å². The lowest BCUT2D eigenvalue weighted by molar-refractivity contribution is -0.137. The SMILES string of the molecule is C=CC(=O)OCCCP(=O)(O)CCCCCCCC. The van der Waals surface area contributed by atoms with Gasteiger partial charge in [-0.3, -0.25) is 4.57 Å². The van der Waals surface area contributed by atoms with Gasteiger partial charge < -0.3 is 9.63 Å². The maximum absolute atomic E-state index is 11.8. The minimum absolute atomic E-state index is 0.186. The van der Waals surface area contributed by atoms with Gasteiger partial charge in [-0.2, -0.15) is 0 Å². The summed E-state index contributed by atoms with van der Waals surface area (Å²) in [5, 5.41) is 0. The zero-order valence-electron chi connectivity index (χ0n) is 12.0. The lowest BCUT2D eigenvalue weighted by atomic mass is 10.1. The van der Waals surface area contributed by atoms with Crippen LogP contribution in [0.2, 0.25) is 0 Å². The van der Waals surface area contributed by atoms with Crippen molar-refractivity contribution in [3.05, 3.63) is 12.7 Å². The highest BCUT2D eigenvalue weighted by atomic mass is 31.2. The van der Waals surface area contributed by atoms with Crippen LogP contribution in [0.4, 0.5) is 0 Å². The number of carbonyl (C=O) groups is 1. The molecule has 5 heteroatoms. The fourth-order valence-corrected chi connectivity index (χ4v) is 3.36. The summed E-state index contributed by atoms with van der Waals surface area (Å²) < 4.78 is 16.6. The normalized spacial score (nSPS) is 13.8. The van der Waals surface area contributed by atoms with Gasteiger partial charge in [0.15, 0.2) is 0 Å². The molecule has 0 saturated carbocycles. The molecule has 0 rings (SSSR count). The Morgan fingerprint density at radius 1 is 1.16 bits per heavy atom. The van der Waals surface area contributed by atoms with Crippen LogP contribution in [0.15, 0.2) is 12.7 Å². The number of ether oxygens (including phenoxy) is 1. The van der Waals surface area contributed by atoms with Crippen LogP contribution in [0.25, 0.3) is 0 Å². The first kappa shape index (κ1) is 18.4. The monoisotopic (exact) mass is 290 g/mol. The molecular formula is C14H27O4P. The van der Waals surface area contributed by atoms with Gasteiger partial charge in [-0.25, -0.2) is 4.79 Å². The Labute approximate surface area is 116 Å². The van der Waals surface area contributed by atoms with E-state index < -0.39 is 13.3 Å². The van der Waals surface area contributed by atoms with E-state index in [9.17, 15) is 14.3 Å². The Kier molecular flexibility index (Phi) is 10.9. The van der Waals surface area contributed by atoms with Crippen LogP contribution in [0, 0.1) is 0 Å². The summed E-state index contributed by atoms with van der Waals surface area (Å²) in [7, 11) is -3.03. The van der Waals surface area contributed by atoms with Crippen LogP contribution in [-0.4, -0.2) is 29.8 Å². The molecule has 1 unspecified atom stereocenters. The lowest BCUT2D eigenvalue weighted by Crippen LogP contribution is -2.04. The van der Waals surface area contributed by atoms with Gasteiger partial charge >= 0.3 is 5.97 Å². The molecule has 112 valence electrons. The molecule has 0 aromatic heterocycles. The number of rotatable bonds is 12. The van der Waals surface area contributed by atoms with Gasteiger partial charge in [-0.1, -0.05) is 45.6 Å². The minimum Gasteiger partial charge on any atom is -0.463 e. The summed E-state index contributed by atoms with van der Waals surface area (Å²) in [5.41, 5.74) is 0. The second-order valence-corrected chi connectivity index (χ2v) is 7.37. The Balaban J connectivity index is 3.54. The molecule has 0 aliphatic carbocycles. The Morgan fingerprint density at radius 3 is 2.37 bits per heavy atom. The van der Waals surface area contributed by atoms with Crippen molar-refractivity contribution in [3.63, 3.8) is 0 Å². The summed E-state index contributed by atoms with van der Waals surface area (Å²) in [5.74, 6) is -0.483. The molecule has 0 aliphatic heterocycles. The van der Waals surface area contributed by atoms with Gasteiger partial charge in [0.25, 0.3) is 0 Å².